The van der Waals surface area contributed by atoms with Crippen LogP contribution >= 0.6 is 11.3 Å². The van der Waals surface area contributed by atoms with Crippen LogP contribution in [0.4, 0.5) is 10.1 Å². The minimum Gasteiger partial charge on any atom is -0.497 e. The zero-order valence-corrected chi connectivity index (χ0v) is 27.3. The third-order valence-corrected chi connectivity index (χ3v) is 9.39. The minimum absolute atomic E-state index is 0.283. The van der Waals surface area contributed by atoms with Crippen LogP contribution in [-0.2, 0) is 11.3 Å². The Labute approximate surface area is 279 Å². The number of anilines is 1. The fourth-order valence-corrected chi connectivity index (χ4v) is 7.16. The maximum absolute atomic E-state index is 14.4. The summed E-state index contributed by atoms with van der Waals surface area (Å²) in [6.07, 6.45) is 3.87. The molecule has 0 saturated carbocycles. The number of allylic oxidation sites excluding steroid dienone is 1. The Morgan fingerprint density at radius 1 is 0.979 bits per heavy atom. The molecule has 1 N–H and O–H groups in total. The van der Waals surface area contributed by atoms with Gasteiger partial charge in [0.25, 0.3) is 11.5 Å². The Balaban J connectivity index is 1.38. The maximum atomic E-state index is 14.4. The summed E-state index contributed by atoms with van der Waals surface area (Å²) >= 11 is 1.27. The molecule has 4 aromatic carbocycles. The Morgan fingerprint density at radius 2 is 1.73 bits per heavy atom. The topological polar surface area (TPSA) is 86.9 Å². The Kier molecular flexibility index (Phi) is 8.24. The molecule has 0 aliphatic carbocycles. The molecule has 2 aromatic heterocycles. The number of nitrogens with one attached hydrogen (secondary N) is 1. The number of aromatic nitrogens is 2. The molecule has 7 rings (SSSR count). The predicted molar refractivity (Wildman–Crippen MR) is 186 cm³/mol. The number of hydrogen-bond acceptors (Lipinski definition) is 6. The highest BCUT2D eigenvalue weighted by molar-refractivity contribution is 7.07. The molecule has 6 aromatic rings. The second kappa shape index (κ2) is 12.8. The van der Waals surface area contributed by atoms with Crippen LogP contribution in [0.3, 0.4) is 0 Å². The number of thiazole rings is 1. The van der Waals surface area contributed by atoms with Gasteiger partial charge in [-0.2, -0.15) is 0 Å². The van der Waals surface area contributed by atoms with Crippen molar-refractivity contribution in [1.82, 2.24) is 9.13 Å². The number of halogens is 1. The normalized spacial score (nSPS) is 14.5. The van der Waals surface area contributed by atoms with Gasteiger partial charge in [0.2, 0.25) is 0 Å². The summed E-state index contributed by atoms with van der Waals surface area (Å²) in [6.45, 7) is 2.31. The van der Waals surface area contributed by atoms with Crippen molar-refractivity contribution in [1.29, 1.82) is 0 Å². The Hall–Kier alpha value is -5.74. The molecular weight excluding hydrogens is 628 g/mol. The van der Waals surface area contributed by atoms with Crippen LogP contribution < -0.4 is 29.7 Å². The lowest BCUT2D eigenvalue weighted by molar-refractivity contribution is -0.113. The van der Waals surface area contributed by atoms with Crippen molar-refractivity contribution in [3.05, 3.63) is 157 Å². The summed E-state index contributed by atoms with van der Waals surface area (Å²) < 4.78 is 28.9. The second-order valence-corrected chi connectivity index (χ2v) is 12.4. The van der Waals surface area contributed by atoms with E-state index in [1.54, 1.807) is 62.1 Å². The van der Waals surface area contributed by atoms with E-state index < -0.39 is 6.04 Å². The number of nitrogens with zero attached hydrogens (tertiary/aromatic N) is 3. The third-order valence-electron chi connectivity index (χ3n) is 8.41. The van der Waals surface area contributed by atoms with E-state index in [9.17, 15) is 14.0 Å². The van der Waals surface area contributed by atoms with Gasteiger partial charge in [-0.3, -0.25) is 14.2 Å². The smallest absolute Gasteiger partial charge is 0.271 e. The average Bonchev–Trinajstić information content (AvgIpc) is 3.60. The summed E-state index contributed by atoms with van der Waals surface area (Å²) in [4.78, 5) is 33.7. The molecule has 10 heteroatoms. The van der Waals surface area contributed by atoms with Gasteiger partial charge in [0.05, 0.1) is 30.0 Å². The number of amides is 1. The fourth-order valence-electron chi connectivity index (χ4n) is 6.12. The van der Waals surface area contributed by atoms with Crippen molar-refractivity contribution in [2.45, 2.75) is 19.5 Å². The number of hydrogen-bond donors (Lipinski definition) is 1. The predicted octanol–water partition coefficient (Wildman–Crippen LogP) is 6.03. The molecule has 3 heterocycles. The molecule has 0 radical (unpaired) electrons. The average molecular weight is 659 g/mol. The van der Waals surface area contributed by atoms with Crippen LogP contribution in [0, 0.1) is 5.82 Å². The highest BCUT2D eigenvalue weighted by Crippen LogP contribution is 2.37. The van der Waals surface area contributed by atoms with E-state index in [0.29, 0.717) is 49.9 Å². The van der Waals surface area contributed by atoms with Gasteiger partial charge >= 0.3 is 0 Å². The molecule has 1 atom stereocenters. The molecule has 8 nitrogen and oxygen atoms in total. The Morgan fingerprint density at radius 3 is 2.48 bits per heavy atom. The fraction of sp³-hybridized carbons (Fsp3) is 0.132. The van der Waals surface area contributed by atoms with Gasteiger partial charge in [0.1, 0.15) is 23.4 Å². The number of methoxy groups -OCH3 is 2. The van der Waals surface area contributed by atoms with Gasteiger partial charge < -0.3 is 19.4 Å². The number of ether oxygens (including phenoxy) is 2. The van der Waals surface area contributed by atoms with Crippen molar-refractivity contribution in [2.24, 2.45) is 4.99 Å². The lowest BCUT2D eigenvalue weighted by Gasteiger charge is -2.26. The summed E-state index contributed by atoms with van der Waals surface area (Å²) in [5.74, 6) is 0.394. The van der Waals surface area contributed by atoms with Crippen LogP contribution in [0.2, 0.25) is 0 Å². The van der Waals surface area contributed by atoms with Crippen LogP contribution in [0.5, 0.6) is 11.5 Å². The van der Waals surface area contributed by atoms with Crippen LogP contribution in [0.15, 0.2) is 124 Å². The molecule has 0 unspecified atom stereocenters. The first-order valence-electron chi connectivity index (χ1n) is 15.3. The monoisotopic (exact) mass is 658 g/mol. The molecule has 48 heavy (non-hydrogen) atoms. The number of fused-ring (bicyclic) bond motifs is 2. The first kappa shape index (κ1) is 30.9. The summed E-state index contributed by atoms with van der Waals surface area (Å²) in [6, 6.07) is 28.1. The molecule has 240 valence electrons. The van der Waals surface area contributed by atoms with Crippen LogP contribution in [0.25, 0.3) is 17.0 Å². The number of para-hydroxylation sites is 2. The zero-order chi connectivity index (χ0) is 33.4. The standard InChI is InChI=1S/C38H31FN4O4S/c1-23-34(36(44)41-27-9-5-4-6-10-27)35(30-18-17-28(46-2)20-32(30)47-3)43-37(45)33(48-38(43)40-23)19-25-22-42(31-12-8-7-11-29(25)31)21-24-13-15-26(39)16-14-24/h4-20,22,35H,21H2,1-3H3,(H,41,44)/b33-19-/t35-/m0/s1. The first-order valence-corrected chi connectivity index (χ1v) is 16.1. The van der Waals surface area contributed by atoms with Crippen LogP contribution in [0.1, 0.15) is 29.7 Å². The molecular formula is C38H31FN4O4S. The molecule has 0 fully saturated rings. The number of carbonyl (C=O) groups is 1. The summed E-state index contributed by atoms with van der Waals surface area (Å²) in [5.41, 5.74) is 4.58. The van der Waals surface area contributed by atoms with Gasteiger partial charge in [0.15, 0.2) is 4.80 Å². The molecule has 1 aliphatic heterocycles. The van der Waals surface area contributed by atoms with Gasteiger partial charge in [0, 0.05) is 46.5 Å². The van der Waals surface area contributed by atoms with E-state index >= 15 is 0 Å². The summed E-state index contributed by atoms with van der Waals surface area (Å²) in [7, 11) is 3.11. The van der Waals surface area contributed by atoms with E-state index in [2.05, 4.69) is 9.88 Å². The van der Waals surface area contributed by atoms with E-state index in [4.69, 9.17) is 14.5 Å². The van der Waals surface area contributed by atoms with E-state index in [1.807, 2.05) is 60.8 Å². The lowest BCUT2D eigenvalue weighted by atomic mass is 9.94. The van der Waals surface area contributed by atoms with E-state index in [-0.39, 0.29) is 17.3 Å². The molecule has 0 bridgehead atoms. The van der Waals surface area contributed by atoms with E-state index in [1.165, 1.54) is 23.5 Å². The SMILES string of the molecule is COc1ccc([C@H]2C(C(=O)Nc3ccccc3)=C(C)N=c3s/c(=C\c4cn(Cc5ccc(F)cc5)c5ccccc45)c(=O)n32)c(OC)c1. The van der Waals surface area contributed by atoms with Gasteiger partial charge in [-0.1, -0.05) is 59.9 Å². The van der Waals surface area contributed by atoms with Gasteiger partial charge in [-0.05, 0) is 61.0 Å². The molecule has 1 aliphatic rings. The van der Waals surface area contributed by atoms with Crippen molar-refractivity contribution in [3.8, 4) is 11.5 Å². The van der Waals surface area contributed by atoms with Crippen LogP contribution in [-0.4, -0.2) is 29.3 Å². The number of carbonyl (C=O) groups excluding carboxylic acids is 1. The molecule has 0 saturated heterocycles. The highest BCUT2D eigenvalue weighted by atomic mass is 32.1. The quantitative estimate of drug-likeness (QED) is 0.216. The number of benzene rings is 4. The van der Waals surface area contributed by atoms with E-state index in [0.717, 1.165) is 22.0 Å². The van der Waals surface area contributed by atoms with Gasteiger partial charge in [-0.25, -0.2) is 9.38 Å². The summed E-state index contributed by atoms with van der Waals surface area (Å²) in [5, 5.41) is 3.95. The zero-order valence-electron chi connectivity index (χ0n) is 26.4. The lowest BCUT2D eigenvalue weighted by Crippen LogP contribution is -2.40. The van der Waals surface area contributed by atoms with Gasteiger partial charge in [-0.15, -0.1) is 0 Å². The molecule has 0 spiro atoms. The second-order valence-electron chi connectivity index (χ2n) is 11.4. The van der Waals surface area contributed by atoms with Crippen molar-refractivity contribution in [3.63, 3.8) is 0 Å². The Bertz CT molecular complexity index is 2390. The maximum Gasteiger partial charge on any atom is 0.271 e. The van der Waals surface area contributed by atoms with Crippen molar-refractivity contribution < 1.29 is 18.7 Å². The molecule has 1 amide bonds. The van der Waals surface area contributed by atoms with Crippen molar-refractivity contribution in [2.75, 3.05) is 19.5 Å². The first-order chi connectivity index (χ1) is 23.3. The van der Waals surface area contributed by atoms with Crippen molar-refractivity contribution >= 4 is 39.9 Å². The largest absolute Gasteiger partial charge is 0.497 e. The highest BCUT2D eigenvalue weighted by Gasteiger charge is 2.34. The number of rotatable bonds is 8. The third kappa shape index (κ3) is 5.71. The minimum atomic E-state index is -0.826.